The SMILES string of the molecule is CC1CNCCN1C(=O)OC[C@H]1CCCC(c2cccc(F)c2)N1S(=O)(=O)C1=CC=CCC1. The lowest BCUT2D eigenvalue weighted by Gasteiger charge is -2.42. The lowest BCUT2D eigenvalue weighted by Crippen LogP contribution is -2.53. The number of ether oxygens (including phenoxy) is 1. The van der Waals surface area contributed by atoms with E-state index in [1.54, 1.807) is 29.2 Å². The van der Waals surface area contributed by atoms with Gasteiger partial charge in [-0.05, 0) is 62.8 Å². The van der Waals surface area contributed by atoms with Gasteiger partial charge in [0.25, 0.3) is 0 Å². The minimum absolute atomic E-state index is 0.0108. The first kappa shape index (κ1) is 23.9. The van der Waals surface area contributed by atoms with Gasteiger partial charge in [0.2, 0.25) is 10.0 Å². The van der Waals surface area contributed by atoms with Gasteiger partial charge in [-0.15, -0.1) is 0 Å². The standard InChI is InChI=1S/C24H32FN3O4S/c1-18-16-26-13-14-27(18)24(29)32-17-21-9-6-12-23(19-7-5-8-20(25)15-19)28(21)33(30,31)22-10-3-2-4-11-22/h2-3,5,7-8,10,15,18,21,23,26H,4,6,9,11-14,16-17H2,1H3/t18?,21-,23?/m1/s1. The van der Waals surface area contributed by atoms with E-state index in [0.717, 1.165) is 6.42 Å². The summed E-state index contributed by atoms with van der Waals surface area (Å²) in [7, 11) is -3.82. The molecule has 2 aliphatic heterocycles. The molecule has 1 aliphatic carbocycles. The minimum atomic E-state index is -3.82. The number of sulfonamides is 1. The second kappa shape index (κ2) is 10.4. The van der Waals surface area contributed by atoms with Crippen molar-refractivity contribution in [2.45, 2.75) is 57.2 Å². The number of rotatable bonds is 5. The summed E-state index contributed by atoms with van der Waals surface area (Å²) in [6, 6.07) is 5.12. The van der Waals surface area contributed by atoms with Crippen LogP contribution in [0.5, 0.6) is 0 Å². The molecular weight excluding hydrogens is 445 g/mol. The number of piperidine rings is 1. The molecule has 9 heteroatoms. The van der Waals surface area contributed by atoms with Gasteiger partial charge in [0, 0.05) is 25.7 Å². The van der Waals surface area contributed by atoms with Crippen LogP contribution >= 0.6 is 0 Å². The number of carbonyl (C=O) groups excluding carboxylic acids is 1. The van der Waals surface area contributed by atoms with Gasteiger partial charge in [-0.2, -0.15) is 4.31 Å². The Balaban J connectivity index is 1.60. The van der Waals surface area contributed by atoms with Gasteiger partial charge in [-0.3, -0.25) is 0 Å². The normalized spacial score (nSPS) is 26.7. The van der Waals surface area contributed by atoms with E-state index >= 15 is 0 Å². The van der Waals surface area contributed by atoms with Crippen LogP contribution in [0.15, 0.2) is 47.4 Å². The molecule has 2 fully saturated rings. The van der Waals surface area contributed by atoms with E-state index in [1.807, 2.05) is 13.0 Å². The summed E-state index contributed by atoms with van der Waals surface area (Å²) < 4.78 is 48.7. The summed E-state index contributed by atoms with van der Waals surface area (Å²) in [4.78, 5) is 14.8. The maximum Gasteiger partial charge on any atom is 0.410 e. The molecule has 3 aliphatic rings. The second-order valence-corrected chi connectivity index (χ2v) is 10.8. The Hall–Kier alpha value is -2.23. The van der Waals surface area contributed by atoms with Crippen molar-refractivity contribution in [3.8, 4) is 0 Å². The predicted molar refractivity (Wildman–Crippen MR) is 124 cm³/mol. The number of allylic oxidation sites excluding steroid dienone is 4. The summed E-state index contributed by atoms with van der Waals surface area (Å²) in [5.74, 6) is -0.397. The molecule has 2 heterocycles. The molecule has 3 atom stereocenters. The molecule has 4 rings (SSSR count). The number of nitrogens with zero attached hydrogens (tertiary/aromatic N) is 2. The molecule has 0 radical (unpaired) electrons. The van der Waals surface area contributed by atoms with Crippen molar-refractivity contribution in [3.63, 3.8) is 0 Å². The van der Waals surface area contributed by atoms with Crippen molar-refractivity contribution in [3.05, 3.63) is 58.8 Å². The van der Waals surface area contributed by atoms with Gasteiger partial charge in [-0.25, -0.2) is 17.6 Å². The van der Waals surface area contributed by atoms with Gasteiger partial charge in [0.15, 0.2) is 0 Å². The molecule has 33 heavy (non-hydrogen) atoms. The smallest absolute Gasteiger partial charge is 0.410 e. The minimum Gasteiger partial charge on any atom is -0.448 e. The zero-order valence-corrected chi connectivity index (χ0v) is 19.8. The third-order valence-electron chi connectivity index (χ3n) is 6.63. The highest BCUT2D eigenvalue weighted by molar-refractivity contribution is 7.93. The van der Waals surface area contributed by atoms with Gasteiger partial charge in [0.1, 0.15) is 12.4 Å². The zero-order valence-electron chi connectivity index (χ0n) is 19.0. The first-order valence-electron chi connectivity index (χ1n) is 11.7. The van der Waals surface area contributed by atoms with Gasteiger partial charge < -0.3 is 15.0 Å². The van der Waals surface area contributed by atoms with Crippen LogP contribution in [0.25, 0.3) is 0 Å². The number of benzene rings is 1. The fourth-order valence-electron chi connectivity index (χ4n) is 4.90. The Bertz CT molecular complexity index is 1030. The fourth-order valence-corrected chi connectivity index (χ4v) is 6.92. The van der Waals surface area contributed by atoms with Crippen molar-refractivity contribution in [1.82, 2.24) is 14.5 Å². The molecule has 1 aromatic rings. The van der Waals surface area contributed by atoms with E-state index in [9.17, 15) is 17.6 Å². The number of piperazine rings is 1. The lowest BCUT2D eigenvalue weighted by atomic mass is 9.93. The molecule has 2 unspecified atom stereocenters. The molecular formula is C24H32FN3O4S. The quantitative estimate of drug-likeness (QED) is 0.699. The average molecular weight is 478 g/mol. The van der Waals surface area contributed by atoms with Crippen LogP contribution in [0.3, 0.4) is 0 Å². The van der Waals surface area contributed by atoms with Crippen molar-refractivity contribution in [2.75, 3.05) is 26.2 Å². The first-order valence-corrected chi connectivity index (χ1v) is 13.1. The largest absolute Gasteiger partial charge is 0.448 e. The molecule has 0 aromatic heterocycles. The molecule has 0 bridgehead atoms. The number of hydrogen-bond donors (Lipinski definition) is 1. The van der Waals surface area contributed by atoms with Crippen LogP contribution in [0.1, 0.15) is 50.6 Å². The molecule has 1 N–H and O–H groups in total. The number of amides is 1. The maximum atomic E-state index is 14.0. The van der Waals surface area contributed by atoms with Crippen molar-refractivity contribution in [1.29, 1.82) is 0 Å². The highest BCUT2D eigenvalue weighted by Gasteiger charge is 2.42. The van der Waals surface area contributed by atoms with Crippen LogP contribution in [-0.4, -0.2) is 62.0 Å². The highest BCUT2D eigenvalue weighted by Crippen LogP contribution is 2.40. The number of nitrogens with one attached hydrogen (secondary N) is 1. The van der Waals surface area contributed by atoms with Crippen LogP contribution < -0.4 is 5.32 Å². The average Bonchev–Trinajstić information content (AvgIpc) is 2.83. The van der Waals surface area contributed by atoms with Crippen LogP contribution in [-0.2, 0) is 14.8 Å². The monoisotopic (exact) mass is 477 g/mol. The molecule has 0 spiro atoms. The van der Waals surface area contributed by atoms with Crippen molar-refractivity contribution < 1.29 is 22.3 Å². The Morgan fingerprint density at radius 2 is 2.15 bits per heavy atom. The summed E-state index contributed by atoms with van der Waals surface area (Å²) in [6.07, 6.45) is 7.93. The third kappa shape index (κ3) is 5.31. The molecule has 7 nitrogen and oxygen atoms in total. The Labute approximate surface area is 195 Å². The Kier molecular flexibility index (Phi) is 7.51. The predicted octanol–water partition coefficient (Wildman–Crippen LogP) is 3.72. The van der Waals surface area contributed by atoms with E-state index in [4.69, 9.17) is 4.74 Å². The van der Waals surface area contributed by atoms with Gasteiger partial charge in [-0.1, -0.05) is 24.3 Å². The zero-order chi connectivity index (χ0) is 23.4. The topological polar surface area (TPSA) is 79.0 Å². The fraction of sp³-hybridized carbons (Fsp3) is 0.542. The highest BCUT2D eigenvalue weighted by atomic mass is 32.2. The maximum absolute atomic E-state index is 14.0. The molecule has 1 amide bonds. The molecule has 0 saturated carbocycles. The van der Waals surface area contributed by atoms with Crippen LogP contribution in [0, 0.1) is 5.82 Å². The van der Waals surface area contributed by atoms with Crippen LogP contribution in [0.4, 0.5) is 9.18 Å². The first-order chi connectivity index (χ1) is 15.9. The van der Waals surface area contributed by atoms with Gasteiger partial charge >= 0.3 is 6.09 Å². The summed E-state index contributed by atoms with van der Waals surface area (Å²) in [5, 5.41) is 3.24. The van der Waals surface area contributed by atoms with Crippen molar-refractivity contribution in [2.24, 2.45) is 0 Å². The molecule has 1 aromatic carbocycles. The summed E-state index contributed by atoms with van der Waals surface area (Å²) in [6.45, 7) is 3.88. The van der Waals surface area contributed by atoms with E-state index in [1.165, 1.54) is 16.4 Å². The Morgan fingerprint density at radius 1 is 1.30 bits per heavy atom. The second-order valence-electron chi connectivity index (χ2n) is 8.91. The van der Waals surface area contributed by atoms with E-state index in [-0.39, 0.29) is 12.6 Å². The summed E-state index contributed by atoms with van der Waals surface area (Å²) >= 11 is 0. The van der Waals surface area contributed by atoms with Gasteiger partial charge in [0.05, 0.1) is 17.0 Å². The Morgan fingerprint density at radius 3 is 2.88 bits per heavy atom. The van der Waals surface area contributed by atoms with Crippen molar-refractivity contribution >= 4 is 16.1 Å². The number of hydrogen-bond acceptors (Lipinski definition) is 5. The summed E-state index contributed by atoms with van der Waals surface area (Å²) in [5.41, 5.74) is 0.622. The van der Waals surface area contributed by atoms with E-state index < -0.39 is 34.0 Å². The van der Waals surface area contributed by atoms with E-state index in [2.05, 4.69) is 5.32 Å². The number of halogens is 1. The lowest BCUT2D eigenvalue weighted by molar-refractivity contribution is 0.0502. The number of carbonyl (C=O) groups is 1. The van der Waals surface area contributed by atoms with E-state index in [0.29, 0.717) is 55.8 Å². The third-order valence-corrected chi connectivity index (χ3v) is 8.75. The molecule has 2 saturated heterocycles. The van der Waals surface area contributed by atoms with Crippen LogP contribution in [0.2, 0.25) is 0 Å². The molecule has 180 valence electrons.